The molecule has 1 aliphatic carbocycles. The minimum atomic E-state index is -0.775. The first kappa shape index (κ1) is 11.3. The van der Waals surface area contributed by atoms with Crippen molar-refractivity contribution >= 4 is 17.1 Å². The Bertz CT molecular complexity index is 642. The Morgan fingerprint density at radius 1 is 1.44 bits per heavy atom. The lowest BCUT2D eigenvalue weighted by molar-refractivity contribution is -0.139. The third-order valence-corrected chi connectivity index (χ3v) is 3.92. The highest BCUT2D eigenvalue weighted by Crippen LogP contribution is 2.64. The summed E-state index contributed by atoms with van der Waals surface area (Å²) in [7, 11) is 0. The average molecular weight is 245 g/mol. The highest BCUT2D eigenvalue weighted by molar-refractivity contribution is 5.78. The molecule has 0 saturated heterocycles. The smallest absolute Gasteiger partial charge is 0.307 e. The summed E-state index contributed by atoms with van der Waals surface area (Å²) < 4.78 is 5.69. The Morgan fingerprint density at radius 3 is 2.78 bits per heavy atom. The van der Waals surface area contributed by atoms with Crippen LogP contribution in [0.5, 0.6) is 0 Å². The van der Waals surface area contributed by atoms with Crippen LogP contribution in [0.15, 0.2) is 22.6 Å². The fourth-order valence-electron chi connectivity index (χ4n) is 2.75. The van der Waals surface area contributed by atoms with Crippen LogP contribution in [0.3, 0.4) is 0 Å². The van der Waals surface area contributed by atoms with Gasteiger partial charge in [0.15, 0.2) is 11.5 Å². The van der Waals surface area contributed by atoms with Gasteiger partial charge in [-0.3, -0.25) is 4.79 Å². The molecule has 1 N–H and O–H groups in total. The maximum atomic E-state index is 11.2. The first-order chi connectivity index (χ1) is 8.41. The Kier molecular flexibility index (Phi) is 2.09. The molecule has 4 nitrogen and oxygen atoms in total. The Balaban J connectivity index is 2.04. The number of carboxylic acid groups (broad SMARTS) is 1. The van der Waals surface area contributed by atoms with Gasteiger partial charge < -0.3 is 9.52 Å². The molecule has 3 rings (SSSR count). The lowest BCUT2D eigenvalue weighted by Crippen LogP contribution is -2.03. The fraction of sp³-hybridized carbons (Fsp3) is 0.429. The molecule has 0 bridgehead atoms. The molecular formula is C14H15NO3. The number of fused-ring (bicyclic) bond motifs is 1. The largest absolute Gasteiger partial charge is 0.481 e. The van der Waals surface area contributed by atoms with E-state index in [2.05, 4.69) is 4.98 Å². The van der Waals surface area contributed by atoms with Gasteiger partial charge in [0, 0.05) is 0 Å². The zero-order chi connectivity index (χ0) is 13.1. The molecule has 1 aromatic heterocycles. The van der Waals surface area contributed by atoms with Crippen molar-refractivity contribution in [1.82, 2.24) is 4.98 Å². The minimum Gasteiger partial charge on any atom is -0.481 e. The molecule has 1 fully saturated rings. The molecule has 18 heavy (non-hydrogen) atoms. The number of hydrogen-bond acceptors (Lipinski definition) is 3. The second-order valence-corrected chi connectivity index (χ2v) is 5.64. The van der Waals surface area contributed by atoms with Crippen LogP contribution in [0.25, 0.3) is 11.1 Å². The molecular weight excluding hydrogens is 230 g/mol. The molecule has 2 unspecified atom stereocenters. The summed E-state index contributed by atoms with van der Waals surface area (Å²) in [6, 6.07) is 5.80. The molecule has 1 aromatic carbocycles. The fourth-order valence-corrected chi connectivity index (χ4v) is 2.75. The summed E-state index contributed by atoms with van der Waals surface area (Å²) in [6.45, 7) is 5.88. The molecule has 1 heterocycles. The first-order valence-electron chi connectivity index (χ1n) is 6.01. The molecule has 0 aliphatic heterocycles. The standard InChI is InChI=1S/C14H15NO3/c1-7-4-5-9-8(6-7)15-12(18-9)10-11(13(16)17)14(10,2)3/h4-6,10-11H,1-3H3,(H,16,17). The van der Waals surface area contributed by atoms with Crippen molar-refractivity contribution in [2.24, 2.45) is 11.3 Å². The first-order valence-corrected chi connectivity index (χ1v) is 6.01. The molecule has 94 valence electrons. The lowest BCUT2D eigenvalue weighted by atomic mass is 10.1. The molecule has 1 aliphatic rings. The van der Waals surface area contributed by atoms with Gasteiger partial charge in [0.2, 0.25) is 0 Å². The van der Waals surface area contributed by atoms with E-state index in [0.717, 1.165) is 16.7 Å². The summed E-state index contributed by atoms with van der Waals surface area (Å²) >= 11 is 0. The van der Waals surface area contributed by atoms with E-state index < -0.39 is 11.9 Å². The van der Waals surface area contributed by atoms with Crippen molar-refractivity contribution in [3.8, 4) is 0 Å². The zero-order valence-corrected chi connectivity index (χ0v) is 10.6. The number of carboxylic acids is 1. The number of carbonyl (C=O) groups is 1. The molecule has 2 atom stereocenters. The zero-order valence-electron chi connectivity index (χ0n) is 10.6. The van der Waals surface area contributed by atoms with E-state index in [1.807, 2.05) is 39.0 Å². The van der Waals surface area contributed by atoms with Crippen molar-refractivity contribution in [3.63, 3.8) is 0 Å². The van der Waals surface area contributed by atoms with Gasteiger partial charge in [-0.25, -0.2) is 4.98 Å². The molecule has 0 radical (unpaired) electrons. The predicted octanol–water partition coefficient (Wildman–Crippen LogP) is 2.96. The van der Waals surface area contributed by atoms with Crippen molar-refractivity contribution in [1.29, 1.82) is 0 Å². The second-order valence-electron chi connectivity index (χ2n) is 5.64. The maximum absolute atomic E-state index is 11.2. The third-order valence-electron chi connectivity index (χ3n) is 3.92. The van der Waals surface area contributed by atoms with Crippen LogP contribution >= 0.6 is 0 Å². The number of aliphatic carboxylic acids is 1. The normalized spacial score (nSPS) is 25.3. The quantitative estimate of drug-likeness (QED) is 0.883. The Hall–Kier alpha value is -1.84. The second kappa shape index (κ2) is 3.34. The summed E-state index contributed by atoms with van der Waals surface area (Å²) in [5.41, 5.74) is 2.37. The SMILES string of the molecule is Cc1ccc2oc(C3C(C(=O)O)C3(C)C)nc2c1. The summed E-state index contributed by atoms with van der Waals surface area (Å²) in [5.74, 6) is -0.745. The van der Waals surface area contributed by atoms with Gasteiger partial charge >= 0.3 is 5.97 Å². The summed E-state index contributed by atoms with van der Waals surface area (Å²) in [5, 5.41) is 9.17. The number of aromatic nitrogens is 1. The van der Waals surface area contributed by atoms with Crippen LogP contribution in [-0.2, 0) is 4.79 Å². The van der Waals surface area contributed by atoms with Gasteiger partial charge in [-0.05, 0) is 30.0 Å². The topological polar surface area (TPSA) is 63.3 Å². The molecule has 2 aromatic rings. The number of benzene rings is 1. The van der Waals surface area contributed by atoms with E-state index in [4.69, 9.17) is 4.42 Å². The van der Waals surface area contributed by atoms with E-state index in [1.165, 1.54) is 0 Å². The number of hydrogen-bond donors (Lipinski definition) is 1. The number of rotatable bonds is 2. The van der Waals surface area contributed by atoms with Crippen molar-refractivity contribution in [3.05, 3.63) is 29.7 Å². The Morgan fingerprint density at radius 2 is 2.17 bits per heavy atom. The summed E-state index contributed by atoms with van der Waals surface area (Å²) in [4.78, 5) is 15.6. The van der Waals surface area contributed by atoms with Gasteiger partial charge in [-0.1, -0.05) is 19.9 Å². The maximum Gasteiger partial charge on any atom is 0.307 e. The van der Waals surface area contributed by atoms with Crippen LogP contribution in [0.1, 0.15) is 31.2 Å². The number of oxazole rings is 1. The van der Waals surface area contributed by atoms with Crippen LogP contribution < -0.4 is 0 Å². The van der Waals surface area contributed by atoms with Crippen molar-refractivity contribution < 1.29 is 14.3 Å². The van der Waals surface area contributed by atoms with Crippen LogP contribution in [0.2, 0.25) is 0 Å². The molecule has 4 heteroatoms. The highest BCUT2D eigenvalue weighted by atomic mass is 16.4. The van der Waals surface area contributed by atoms with Gasteiger partial charge in [-0.15, -0.1) is 0 Å². The van der Waals surface area contributed by atoms with Crippen molar-refractivity contribution in [2.45, 2.75) is 26.7 Å². The highest BCUT2D eigenvalue weighted by Gasteiger charge is 2.65. The van der Waals surface area contributed by atoms with Gasteiger partial charge in [0.05, 0.1) is 11.8 Å². The molecule has 0 spiro atoms. The predicted molar refractivity (Wildman–Crippen MR) is 66.4 cm³/mol. The average Bonchev–Trinajstić information content (AvgIpc) is 2.66. The van der Waals surface area contributed by atoms with Crippen molar-refractivity contribution in [2.75, 3.05) is 0 Å². The lowest BCUT2D eigenvalue weighted by Gasteiger charge is -1.96. The van der Waals surface area contributed by atoms with E-state index in [-0.39, 0.29) is 11.3 Å². The number of aryl methyl sites for hydroxylation is 1. The van der Waals surface area contributed by atoms with E-state index >= 15 is 0 Å². The molecule has 1 saturated carbocycles. The van der Waals surface area contributed by atoms with Gasteiger partial charge in [0.1, 0.15) is 5.52 Å². The Labute approximate surface area is 105 Å². The van der Waals surface area contributed by atoms with Crippen LogP contribution in [0.4, 0.5) is 0 Å². The minimum absolute atomic E-state index is 0.122. The van der Waals surface area contributed by atoms with Gasteiger partial charge in [-0.2, -0.15) is 0 Å². The number of nitrogens with zero attached hydrogens (tertiary/aromatic N) is 1. The summed E-state index contributed by atoms with van der Waals surface area (Å²) in [6.07, 6.45) is 0. The van der Waals surface area contributed by atoms with E-state index in [0.29, 0.717) is 5.89 Å². The van der Waals surface area contributed by atoms with Crippen LogP contribution in [0, 0.1) is 18.3 Å². The van der Waals surface area contributed by atoms with E-state index in [9.17, 15) is 9.90 Å². The monoisotopic (exact) mass is 245 g/mol. The van der Waals surface area contributed by atoms with Gasteiger partial charge in [0.25, 0.3) is 0 Å². The third kappa shape index (κ3) is 1.45. The van der Waals surface area contributed by atoms with Crippen LogP contribution in [-0.4, -0.2) is 16.1 Å². The van der Waals surface area contributed by atoms with E-state index in [1.54, 1.807) is 0 Å². The molecule has 0 amide bonds.